The van der Waals surface area contributed by atoms with Crippen LogP contribution in [0.2, 0.25) is 0 Å². The highest BCUT2D eigenvalue weighted by Crippen LogP contribution is 2.28. The third-order valence-corrected chi connectivity index (χ3v) is 5.84. The Labute approximate surface area is 134 Å². The maximum atomic E-state index is 3.34. The van der Waals surface area contributed by atoms with Crippen molar-refractivity contribution in [3.63, 3.8) is 0 Å². The third kappa shape index (κ3) is 4.56. The fraction of sp³-hybridized carbons (Fsp3) is 0.200. The highest BCUT2D eigenvalue weighted by Gasteiger charge is 2.01. The second-order valence-electron chi connectivity index (χ2n) is 4.27. The molecule has 0 N–H and O–H groups in total. The van der Waals surface area contributed by atoms with Crippen LogP contribution in [-0.2, 0) is 0 Å². The van der Waals surface area contributed by atoms with Gasteiger partial charge in [-0.3, -0.25) is 0 Å². The Morgan fingerprint density at radius 2 is 1.11 bits per heavy atom. The average Bonchev–Trinajstić information content (AvgIpc) is 3.03. The summed E-state index contributed by atoms with van der Waals surface area (Å²) in [6.45, 7) is 6.39. The molecule has 0 aliphatic heterocycles. The number of thiophene rings is 3. The van der Waals surface area contributed by atoms with E-state index in [9.17, 15) is 0 Å². The maximum Gasteiger partial charge on any atom is 0.0285 e. The Kier molecular flexibility index (Phi) is 5.39. The second kappa shape index (κ2) is 6.84. The summed E-state index contributed by atoms with van der Waals surface area (Å²) in [7, 11) is 0. The van der Waals surface area contributed by atoms with Gasteiger partial charge in [-0.25, -0.2) is 0 Å². The van der Waals surface area contributed by atoms with E-state index >= 15 is 0 Å². The predicted octanol–water partition coefficient (Wildman–Crippen LogP) is 6.91. The molecule has 19 heavy (non-hydrogen) atoms. The molecule has 3 aromatic heterocycles. The van der Waals surface area contributed by atoms with Crippen molar-refractivity contribution in [3.05, 3.63) is 53.4 Å². The van der Waals surface area contributed by atoms with Gasteiger partial charge in [-0.05, 0) is 76.8 Å². The van der Waals surface area contributed by atoms with Gasteiger partial charge in [0.25, 0.3) is 0 Å². The summed E-state index contributed by atoms with van der Waals surface area (Å²) in [5, 5.41) is 6.52. The molecular weight excluding hydrogens is 356 g/mol. The lowest BCUT2D eigenvalue weighted by atomic mass is 10.2. The topological polar surface area (TPSA) is 0 Å². The maximum absolute atomic E-state index is 3.34. The quantitative estimate of drug-likeness (QED) is 0.436. The van der Waals surface area contributed by atoms with E-state index in [-0.39, 0.29) is 0 Å². The summed E-state index contributed by atoms with van der Waals surface area (Å²) < 4.78 is 1.19. The van der Waals surface area contributed by atoms with Crippen LogP contribution < -0.4 is 0 Å². The van der Waals surface area contributed by atoms with Crippen LogP contribution in [-0.4, -0.2) is 0 Å². The van der Waals surface area contributed by atoms with Crippen molar-refractivity contribution in [2.24, 2.45) is 0 Å². The molecular formula is C15H15BrS3. The second-order valence-corrected chi connectivity index (χ2v) is 8.53. The zero-order valence-electron chi connectivity index (χ0n) is 11.1. The highest BCUT2D eigenvalue weighted by molar-refractivity contribution is 9.10. The molecule has 3 rings (SSSR count). The van der Waals surface area contributed by atoms with Gasteiger partial charge in [0.15, 0.2) is 0 Å². The van der Waals surface area contributed by atoms with Gasteiger partial charge >= 0.3 is 0 Å². The minimum absolute atomic E-state index is 1.19. The first-order valence-electron chi connectivity index (χ1n) is 5.86. The van der Waals surface area contributed by atoms with Gasteiger partial charge < -0.3 is 0 Å². The van der Waals surface area contributed by atoms with Crippen LogP contribution in [0.25, 0.3) is 11.1 Å². The SMILES string of the molecule is Cc1cc(-c2csc(C)c2)cs1.Cc1cc(Br)cs1. The molecule has 3 aromatic rings. The average molecular weight is 371 g/mol. The minimum atomic E-state index is 1.19. The van der Waals surface area contributed by atoms with E-state index in [1.807, 2.05) is 22.7 Å². The van der Waals surface area contributed by atoms with Gasteiger partial charge in [0.1, 0.15) is 0 Å². The van der Waals surface area contributed by atoms with E-state index in [0.717, 1.165) is 0 Å². The van der Waals surface area contributed by atoms with Crippen LogP contribution >= 0.6 is 49.9 Å². The first-order chi connectivity index (χ1) is 9.04. The summed E-state index contributed by atoms with van der Waals surface area (Å²) in [6.07, 6.45) is 0. The van der Waals surface area contributed by atoms with Gasteiger partial charge in [0.05, 0.1) is 0 Å². The van der Waals surface area contributed by atoms with E-state index in [1.54, 1.807) is 11.3 Å². The molecule has 0 saturated carbocycles. The van der Waals surface area contributed by atoms with Crippen LogP contribution in [0.15, 0.2) is 38.8 Å². The molecule has 0 fully saturated rings. The van der Waals surface area contributed by atoms with Crippen LogP contribution in [0.3, 0.4) is 0 Å². The lowest BCUT2D eigenvalue weighted by molar-refractivity contribution is 1.61. The number of hydrogen-bond acceptors (Lipinski definition) is 3. The fourth-order valence-corrected chi connectivity index (χ4v) is 4.36. The highest BCUT2D eigenvalue weighted by atomic mass is 79.9. The Bertz CT molecular complexity index is 591. The largest absolute Gasteiger partial charge is 0.149 e. The lowest BCUT2D eigenvalue weighted by Gasteiger charge is -1.87. The number of rotatable bonds is 1. The van der Waals surface area contributed by atoms with Crippen molar-refractivity contribution in [2.45, 2.75) is 20.8 Å². The van der Waals surface area contributed by atoms with Crippen molar-refractivity contribution in [1.29, 1.82) is 0 Å². The van der Waals surface area contributed by atoms with Crippen molar-refractivity contribution in [3.8, 4) is 11.1 Å². The molecule has 0 saturated heterocycles. The van der Waals surface area contributed by atoms with Gasteiger partial charge in [0, 0.05) is 24.5 Å². The fourth-order valence-electron chi connectivity index (χ4n) is 1.60. The first kappa shape index (κ1) is 15.0. The summed E-state index contributed by atoms with van der Waals surface area (Å²) in [5.74, 6) is 0. The Morgan fingerprint density at radius 1 is 0.684 bits per heavy atom. The normalized spacial score (nSPS) is 10.1. The minimum Gasteiger partial charge on any atom is -0.149 e. The Morgan fingerprint density at radius 3 is 1.32 bits per heavy atom. The predicted molar refractivity (Wildman–Crippen MR) is 93.9 cm³/mol. The van der Waals surface area contributed by atoms with Gasteiger partial charge in [-0.15, -0.1) is 34.0 Å². The van der Waals surface area contributed by atoms with Crippen LogP contribution in [0.4, 0.5) is 0 Å². The van der Waals surface area contributed by atoms with E-state index in [1.165, 1.54) is 30.2 Å². The molecule has 0 atom stereocenters. The number of halogens is 1. The van der Waals surface area contributed by atoms with E-state index < -0.39 is 0 Å². The molecule has 3 heterocycles. The molecule has 0 nitrogen and oxygen atoms in total. The molecule has 0 radical (unpaired) electrons. The molecule has 100 valence electrons. The van der Waals surface area contributed by atoms with Crippen molar-refractivity contribution < 1.29 is 0 Å². The van der Waals surface area contributed by atoms with Crippen molar-refractivity contribution >= 4 is 49.9 Å². The summed E-state index contributed by atoms with van der Waals surface area (Å²) in [5.41, 5.74) is 2.73. The van der Waals surface area contributed by atoms with Gasteiger partial charge in [0.2, 0.25) is 0 Å². The van der Waals surface area contributed by atoms with Crippen LogP contribution in [0.5, 0.6) is 0 Å². The third-order valence-electron chi connectivity index (χ3n) is 2.49. The van der Waals surface area contributed by atoms with Crippen molar-refractivity contribution in [2.75, 3.05) is 0 Å². The first-order valence-corrected chi connectivity index (χ1v) is 9.29. The lowest BCUT2D eigenvalue weighted by Crippen LogP contribution is -1.64. The van der Waals surface area contributed by atoms with E-state index in [0.29, 0.717) is 0 Å². The standard InChI is InChI=1S/C10H10S2.C5H5BrS/c1-7-3-9(5-11-7)10-4-8(2)12-6-10;1-4-2-5(6)3-7-4/h3-6H,1-2H3;2-3H,1H3. The summed E-state index contributed by atoms with van der Waals surface area (Å²) in [4.78, 5) is 4.12. The Balaban J connectivity index is 0.000000163. The number of hydrogen-bond donors (Lipinski definition) is 0. The molecule has 0 aromatic carbocycles. The molecule has 4 heteroatoms. The summed E-state index contributed by atoms with van der Waals surface area (Å²) >= 11 is 8.73. The van der Waals surface area contributed by atoms with E-state index in [4.69, 9.17) is 0 Å². The molecule has 0 aliphatic carbocycles. The molecule has 0 aliphatic rings. The smallest absolute Gasteiger partial charge is 0.0285 e. The summed E-state index contributed by atoms with van der Waals surface area (Å²) in [6, 6.07) is 6.59. The molecule has 0 unspecified atom stereocenters. The monoisotopic (exact) mass is 370 g/mol. The van der Waals surface area contributed by atoms with Crippen LogP contribution in [0.1, 0.15) is 14.6 Å². The molecule has 0 bridgehead atoms. The zero-order chi connectivity index (χ0) is 13.8. The van der Waals surface area contributed by atoms with Crippen molar-refractivity contribution in [1.82, 2.24) is 0 Å². The van der Waals surface area contributed by atoms with Crippen LogP contribution in [0, 0.1) is 20.8 Å². The molecule has 0 spiro atoms. The van der Waals surface area contributed by atoms with Gasteiger partial charge in [-0.2, -0.15) is 0 Å². The zero-order valence-corrected chi connectivity index (χ0v) is 15.1. The van der Waals surface area contributed by atoms with E-state index in [2.05, 4.69) is 71.0 Å². The van der Waals surface area contributed by atoms with Gasteiger partial charge in [-0.1, -0.05) is 0 Å². The number of aryl methyl sites for hydroxylation is 3. The molecule has 0 amide bonds. The Hall–Kier alpha value is -0.420.